The first-order valence-corrected chi connectivity index (χ1v) is 6.87. The van der Waals surface area contributed by atoms with Gasteiger partial charge in [-0.3, -0.25) is 0 Å². The van der Waals surface area contributed by atoms with E-state index >= 15 is 0 Å². The molecule has 5 heteroatoms. The summed E-state index contributed by atoms with van der Waals surface area (Å²) in [7, 11) is 0. The number of aliphatic hydroxyl groups is 1. The van der Waals surface area contributed by atoms with Crippen LogP contribution in [0.25, 0.3) is 0 Å². The maximum absolute atomic E-state index is 13.5. The van der Waals surface area contributed by atoms with Crippen LogP contribution in [0.5, 0.6) is 0 Å². The van der Waals surface area contributed by atoms with Crippen molar-refractivity contribution in [1.82, 2.24) is 0 Å². The van der Waals surface area contributed by atoms with Crippen molar-refractivity contribution in [2.24, 2.45) is 0 Å². The first-order valence-electron chi connectivity index (χ1n) is 5.88. The molecule has 1 aromatic carbocycles. The average Bonchev–Trinajstić information content (AvgIpc) is 2.75. The standard InChI is InChI=1S/C13H15FO3S/c14-10-4-3-9(12(15)16)7-11(10)18-8-13(17)5-1-2-6-13/h3-4,7,17H,1-2,5-6,8H2,(H,15,16). The number of rotatable bonds is 4. The number of carboxylic acid groups (broad SMARTS) is 1. The summed E-state index contributed by atoms with van der Waals surface area (Å²) in [4.78, 5) is 11.1. The smallest absolute Gasteiger partial charge is 0.335 e. The van der Waals surface area contributed by atoms with Crippen LogP contribution >= 0.6 is 11.8 Å². The highest BCUT2D eigenvalue weighted by atomic mass is 32.2. The maximum Gasteiger partial charge on any atom is 0.335 e. The van der Waals surface area contributed by atoms with Crippen LogP contribution in [0, 0.1) is 5.82 Å². The SMILES string of the molecule is O=C(O)c1ccc(F)c(SCC2(O)CCCC2)c1. The number of halogens is 1. The van der Waals surface area contributed by atoms with Gasteiger partial charge in [-0.2, -0.15) is 0 Å². The highest BCUT2D eigenvalue weighted by molar-refractivity contribution is 7.99. The van der Waals surface area contributed by atoms with E-state index in [9.17, 15) is 14.3 Å². The molecule has 1 aromatic rings. The molecule has 0 heterocycles. The van der Waals surface area contributed by atoms with Crippen LogP contribution in [0.15, 0.2) is 23.1 Å². The van der Waals surface area contributed by atoms with Crippen LogP contribution in [0.4, 0.5) is 4.39 Å². The molecule has 0 unspecified atom stereocenters. The van der Waals surface area contributed by atoms with Gasteiger partial charge in [0, 0.05) is 10.6 Å². The third-order valence-corrected chi connectivity index (χ3v) is 4.51. The molecule has 2 N–H and O–H groups in total. The highest BCUT2D eigenvalue weighted by Gasteiger charge is 2.31. The molecule has 18 heavy (non-hydrogen) atoms. The molecule has 0 aromatic heterocycles. The van der Waals surface area contributed by atoms with Crippen LogP contribution in [-0.4, -0.2) is 27.5 Å². The zero-order chi connectivity index (χ0) is 13.2. The monoisotopic (exact) mass is 270 g/mol. The van der Waals surface area contributed by atoms with Gasteiger partial charge < -0.3 is 10.2 Å². The lowest BCUT2D eigenvalue weighted by Crippen LogP contribution is -2.27. The van der Waals surface area contributed by atoms with E-state index in [0.717, 1.165) is 31.7 Å². The lowest BCUT2D eigenvalue weighted by Gasteiger charge is -2.21. The normalized spacial score (nSPS) is 17.9. The second-order valence-corrected chi connectivity index (χ2v) is 5.69. The summed E-state index contributed by atoms with van der Waals surface area (Å²) in [5.74, 6) is -1.10. The molecular formula is C13H15FO3S. The number of hydrogen-bond donors (Lipinski definition) is 2. The van der Waals surface area contributed by atoms with E-state index in [2.05, 4.69) is 0 Å². The number of aromatic carboxylic acids is 1. The molecule has 0 aliphatic heterocycles. The van der Waals surface area contributed by atoms with E-state index in [1.165, 1.54) is 23.9 Å². The average molecular weight is 270 g/mol. The van der Waals surface area contributed by atoms with Crippen molar-refractivity contribution >= 4 is 17.7 Å². The van der Waals surface area contributed by atoms with Gasteiger partial charge in [-0.25, -0.2) is 9.18 Å². The fourth-order valence-corrected chi connectivity index (χ4v) is 3.27. The summed E-state index contributed by atoms with van der Waals surface area (Å²) in [5.41, 5.74) is -0.659. The van der Waals surface area contributed by atoms with Crippen LogP contribution in [0.1, 0.15) is 36.0 Å². The molecule has 0 bridgehead atoms. The Morgan fingerprint density at radius 2 is 2.06 bits per heavy atom. The predicted octanol–water partition coefficient (Wildman–Crippen LogP) is 2.92. The summed E-state index contributed by atoms with van der Waals surface area (Å²) in [6.45, 7) is 0. The molecule has 1 saturated carbocycles. The molecule has 0 radical (unpaired) electrons. The Morgan fingerprint density at radius 1 is 1.39 bits per heavy atom. The maximum atomic E-state index is 13.5. The Labute approximate surface area is 109 Å². The van der Waals surface area contributed by atoms with E-state index in [1.54, 1.807) is 0 Å². The van der Waals surface area contributed by atoms with Gasteiger partial charge in [-0.1, -0.05) is 12.8 Å². The molecule has 1 aliphatic carbocycles. The van der Waals surface area contributed by atoms with Gasteiger partial charge in [-0.05, 0) is 31.0 Å². The summed E-state index contributed by atoms with van der Waals surface area (Å²) >= 11 is 1.19. The second-order valence-electron chi connectivity index (χ2n) is 4.67. The third kappa shape index (κ3) is 3.03. The van der Waals surface area contributed by atoms with Gasteiger partial charge in [0.05, 0.1) is 11.2 Å². The summed E-state index contributed by atoms with van der Waals surface area (Å²) in [5, 5.41) is 19.0. The van der Waals surface area contributed by atoms with Crippen LogP contribution < -0.4 is 0 Å². The van der Waals surface area contributed by atoms with Crippen molar-refractivity contribution in [2.45, 2.75) is 36.2 Å². The van der Waals surface area contributed by atoms with Gasteiger partial charge in [0.1, 0.15) is 5.82 Å². The van der Waals surface area contributed by atoms with Crippen molar-refractivity contribution in [3.05, 3.63) is 29.6 Å². The van der Waals surface area contributed by atoms with Crippen molar-refractivity contribution < 1.29 is 19.4 Å². The fraction of sp³-hybridized carbons (Fsp3) is 0.462. The van der Waals surface area contributed by atoms with Gasteiger partial charge in [0.2, 0.25) is 0 Å². The molecule has 0 amide bonds. The minimum Gasteiger partial charge on any atom is -0.478 e. The molecule has 3 nitrogen and oxygen atoms in total. The van der Waals surface area contributed by atoms with Crippen molar-refractivity contribution in [2.75, 3.05) is 5.75 Å². The van der Waals surface area contributed by atoms with Crippen LogP contribution in [-0.2, 0) is 0 Å². The van der Waals surface area contributed by atoms with Crippen molar-refractivity contribution in [1.29, 1.82) is 0 Å². The lowest BCUT2D eigenvalue weighted by molar-refractivity contribution is 0.0695. The molecule has 98 valence electrons. The molecule has 1 fully saturated rings. The molecule has 1 aliphatic rings. The Hall–Kier alpha value is -1.07. The van der Waals surface area contributed by atoms with Crippen molar-refractivity contribution in [3.8, 4) is 0 Å². The largest absolute Gasteiger partial charge is 0.478 e. The van der Waals surface area contributed by atoms with Gasteiger partial charge in [0.25, 0.3) is 0 Å². The number of carboxylic acids is 1. The van der Waals surface area contributed by atoms with E-state index in [1.807, 2.05) is 0 Å². The number of benzene rings is 1. The lowest BCUT2D eigenvalue weighted by atomic mass is 10.1. The van der Waals surface area contributed by atoms with Crippen LogP contribution in [0.2, 0.25) is 0 Å². The summed E-state index contributed by atoms with van der Waals surface area (Å²) in [6.07, 6.45) is 3.46. The van der Waals surface area contributed by atoms with E-state index in [-0.39, 0.29) is 10.5 Å². The van der Waals surface area contributed by atoms with E-state index in [4.69, 9.17) is 5.11 Å². The van der Waals surface area contributed by atoms with Crippen LogP contribution in [0.3, 0.4) is 0 Å². The molecule has 0 atom stereocenters. The number of hydrogen-bond acceptors (Lipinski definition) is 3. The minimum absolute atomic E-state index is 0.0670. The summed E-state index contributed by atoms with van der Waals surface area (Å²) in [6, 6.07) is 3.72. The van der Waals surface area contributed by atoms with Gasteiger partial charge in [-0.15, -0.1) is 11.8 Å². The Kier molecular flexibility index (Phi) is 3.92. The van der Waals surface area contributed by atoms with E-state index in [0.29, 0.717) is 5.75 Å². The van der Waals surface area contributed by atoms with Gasteiger partial charge in [0.15, 0.2) is 0 Å². The zero-order valence-electron chi connectivity index (χ0n) is 9.86. The molecule has 0 spiro atoms. The Morgan fingerprint density at radius 3 is 2.67 bits per heavy atom. The fourth-order valence-electron chi connectivity index (χ4n) is 2.14. The van der Waals surface area contributed by atoms with E-state index < -0.39 is 17.4 Å². The number of thioether (sulfide) groups is 1. The predicted molar refractivity (Wildman–Crippen MR) is 67.5 cm³/mol. The Balaban J connectivity index is 2.08. The summed E-state index contributed by atoms with van der Waals surface area (Å²) < 4.78 is 13.5. The minimum atomic E-state index is -1.07. The molecule has 0 saturated heterocycles. The molecule has 2 rings (SSSR count). The second kappa shape index (κ2) is 5.28. The topological polar surface area (TPSA) is 57.5 Å². The van der Waals surface area contributed by atoms with Gasteiger partial charge >= 0.3 is 5.97 Å². The molecular weight excluding hydrogens is 255 g/mol. The Bertz CT molecular complexity index is 456. The first kappa shape index (κ1) is 13.4. The number of carbonyl (C=O) groups is 1. The quantitative estimate of drug-likeness (QED) is 0.826. The van der Waals surface area contributed by atoms with Crippen molar-refractivity contribution in [3.63, 3.8) is 0 Å². The first-order chi connectivity index (χ1) is 8.50. The third-order valence-electron chi connectivity index (χ3n) is 3.21. The highest BCUT2D eigenvalue weighted by Crippen LogP contribution is 2.35. The zero-order valence-corrected chi connectivity index (χ0v) is 10.7.